The lowest BCUT2D eigenvalue weighted by atomic mass is 10.1. The molecule has 6 nitrogen and oxygen atoms in total. The Hall–Kier alpha value is -2.93. The number of cyclic esters (lactones) is 1. The number of benzene rings is 2. The van der Waals surface area contributed by atoms with Gasteiger partial charge in [0.2, 0.25) is 6.10 Å². The van der Waals surface area contributed by atoms with Crippen molar-refractivity contribution in [2.24, 2.45) is 0 Å². The maximum atomic E-state index is 14.5. The summed E-state index contributed by atoms with van der Waals surface area (Å²) in [7, 11) is 0. The zero-order valence-corrected chi connectivity index (χ0v) is 14.6. The molecule has 0 amide bonds. The molecule has 0 aliphatic carbocycles. The maximum absolute atomic E-state index is 14.5. The van der Waals surface area contributed by atoms with Crippen LogP contribution in [0.2, 0.25) is 0 Å². The highest BCUT2D eigenvalue weighted by Crippen LogP contribution is 2.37. The fourth-order valence-corrected chi connectivity index (χ4v) is 2.70. The average Bonchev–Trinajstić information content (AvgIpc) is 2.90. The molecule has 2 aromatic rings. The first kappa shape index (κ1) is 18.8. The topological polar surface area (TPSA) is 78.9 Å². The molecule has 0 radical (unpaired) electrons. The van der Waals surface area contributed by atoms with Gasteiger partial charge in [-0.25, -0.2) is 18.8 Å². The summed E-state index contributed by atoms with van der Waals surface area (Å²) in [6, 6.07) is 15.8. The third kappa shape index (κ3) is 4.09. The van der Waals surface area contributed by atoms with Gasteiger partial charge in [0, 0.05) is 0 Å². The molecule has 1 aliphatic rings. The first-order valence-electron chi connectivity index (χ1n) is 7.96. The van der Waals surface area contributed by atoms with E-state index in [9.17, 15) is 18.8 Å². The van der Waals surface area contributed by atoms with Gasteiger partial charge in [-0.05, 0) is 24.3 Å². The summed E-state index contributed by atoms with van der Waals surface area (Å²) in [6.07, 6.45) is -3.15. The van der Waals surface area contributed by atoms with Gasteiger partial charge in [0.1, 0.15) is 6.61 Å². The molecule has 8 heteroatoms. The fourth-order valence-electron chi connectivity index (χ4n) is 2.47. The highest BCUT2D eigenvalue weighted by Gasteiger charge is 2.61. The lowest BCUT2D eigenvalue weighted by Gasteiger charge is -2.21. The third-order valence-electron chi connectivity index (χ3n) is 3.86. The van der Waals surface area contributed by atoms with Gasteiger partial charge in [0.25, 0.3) is 0 Å². The second kappa shape index (κ2) is 7.75. The summed E-state index contributed by atoms with van der Waals surface area (Å²) in [4.78, 5) is 35.9. The second-order valence-corrected chi connectivity index (χ2v) is 6.27. The molecule has 3 rings (SSSR count). The summed E-state index contributed by atoms with van der Waals surface area (Å²) in [5, 5.41) is -3.08. The summed E-state index contributed by atoms with van der Waals surface area (Å²) in [5.74, 6) is -3.00. The molecule has 0 N–H and O–H groups in total. The number of ether oxygens (including phenoxy) is 3. The van der Waals surface area contributed by atoms with E-state index in [1.807, 2.05) is 0 Å². The standard InChI is InChI=1S/C19H14ClFO6/c20-19(21)15(27-17(23)13-9-5-2-6-10-13)14(26-18(19)24)11-25-16(22)12-7-3-1-4-8-12/h1-10,14-15H,11H2/t14-,15-,19+/m1/s1. The van der Waals surface area contributed by atoms with E-state index in [4.69, 9.17) is 25.8 Å². The highest BCUT2D eigenvalue weighted by molar-refractivity contribution is 6.34. The summed E-state index contributed by atoms with van der Waals surface area (Å²) in [6.45, 7) is -0.523. The number of hydrogen-bond donors (Lipinski definition) is 0. The molecular weight excluding hydrogens is 379 g/mol. The molecule has 0 bridgehead atoms. The smallest absolute Gasteiger partial charge is 0.364 e. The molecule has 0 saturated carbocycles. The van der Waals surface area contributed by atoms with Crippen molar-refractivity contribution in [2.45, 2.75) is 17.3 Å². The van der Waals surface area contributed by atoms with Crippen molar-refractivity contribution >= 4 is 29.5 Å². The van der Waals surface area contributed by atoms with E-state index in [0.717, 1.165) is 0 Å². The van der Waals surface area contributed by atoms with Crippen LogP contribution in [-0.2, 0) is 19.0 Å². The van der Waals surface area contributed by atoms with Crippen molar-refractivity contribution in [1.29, 1.82) is 0 Å². The molecule has 0 unspecified atom stereocenters. The fraction of sp³-hybridized carbons (Fsp3) is 0.211. The molecular formula is C19H14ClFO6. The minimum Gasteiger partial charge on any atom is -0.458 e. The van der Waals surface area contributed by atoms with Gasteiger partial charge in [-0.15, -0.1) is 0 Å². The molecule has 3 atom stereocenters. The maximum Gasteiger partial charge on any atom is 0.364 e. The van der Waals surface area contributed by atoms with E-state index in [1.165, 1.54) is 24.3 Å². The van der Waals surface area contributed by atoms with E-state index >= 15 is 0 Å². The Kier molecular flexibility index (Phi) is 5.41. The quantitative estimate of drug-likeness (QED) is 0.442. The monoisotopic (exact) mass is 392 g/mol. The van der Waals surface area contributed by atoms with Gasteiger partial charge < -0.3 is 14.2 Å². The van der Waals surface area contributed by atoms with Crippen molar-refractivity contribution < 1.29 is 33.0 Å². The Labute approximate surface area is 158 Å². The van der Waals surface area contributed by atoms with Gasteiger partial charge in [0.05, 0.1) is 11.1 Å². The molecule has 1 saturated heterocycles. The van der Waals surface area contributed by atoms with E-state index in [2.05, 4.69) is 0 Å². The molecule has 0 aromatic heterocycles. The lowest BCUT2D eigenvalue weighted by molar-refractivity contribution is -0.147. The van der Waals surface area contributed by atoms with E-state index in [0.29, 0.717) is 0 Å². The highest BCUT2D eigenvalue weighted by atomic mass is 35.5. The minimum absolute atomic E-state index is 0.143. The zero-order chi connectivity index (χ0) is 19.4. The van der Waals surface area contributed by atoms with Crippen LogP contribution >= 0.6 is 11.6 Å². The zero-order valence-electron chi connectivity index (χ0n) is 13.8. The van der Waals surface area contributed by atoms with Crippen LogP contribution < -0.4 is 0 Å². The Morgan fingerprint density at radius 2 is 1.52 bits per heavy atom. The molecule has 27 heavy (non-hydrogen) atoms. The van der Waals surface area contributed by atoms with Crippen LogP contribution in [0.15, 0.2) is 60.7 Å². The number of halogens is 2. The molecule has 1 fully saturated rings. The summed E-state index contributed by atoms with van der Waals surface area (Å²) >= 11 is 5.58. The third-order valence-corrected chi connectivity index (χ3v) is 4.23. The van der Waals surface area contributed by atoms with Gasteiger partial charge in [-0.1, -0.05) is 48.0 Å². The lowest BCUT2D eigenvalue weighted by Crippen LogP contribution is -2.42. The van der Waals surface area contributed by atoms with Gasteiger partial charge in [0.15, 0.2) is 6.10 Å². The van der Waals surface area contributed by atoms with Crippen LogP contribution in [0.4, 0.5) is 4.39 Å². The predicted octanol–water partition coefficient (Wildman–Crippen LogP) is 2.90. The van der Waals surface area contributed by atoms with Crippen molar-refractivity contribution in [2.75, 3.05) is 6.61 Å². The second-order valence-electron chi connectivity index (χ2n) is 5.72. The van der Waals surface area contributed by atoms with Crippen molar-refractivity contribution in [1.82, 2.24) is 0 Å². The summed E-state index contributed by atoms with van der Waals surface area (Å²) in [5.41, 5.74) is 0.404. The number of rotatable bonds is 5. The molecule has 1 aliphatic heterocycles. The Morgan fingerprint density at radius 1 is 1.00 bits per heavy atom. The number of hydrogen-bond acceptors (Lipinski definition) is 6. The Balaban J connectivity index is 1.70. The first-order valence-corrected chi connectivity index (χ1v) is 8.34. The molecule has 1 heterocycles. The van der Waals surface area contributed by atoms with E-state index < -0.39 is 41.9 Å². The van der Waals surface area contributed by atoms with Crippen LogP contribution in [0, 0.1) is 0 Å². The number of esters is 3. The van der Waals surface area contributed by atoms with E-state index in [-0.39, 0.29) is 11.1 Å². The average molecular weight is 393 g/mol. The van der Waals surface area contributed by atoms with Gasteiger partial charge >= 0.3 is 23.0 Å². The largest absolute Gasteiger partial charge is 0.458 e. The van der Waals surface area contributed by atoms with Crippen molar-refractivity contribution in [3.63, 3.8) is 0 Å². The van der Waals surface area contributed by atoms with Crippen LogP contribution in [0.25, 0.3) is 0 Å². The van der Waals surface area contributed by atoms with Crippen LogP contribution in [-0.4, -0.2) is 41.9 Å². The SMILES string of the molecule is O=C(OC[C@H]1OC(=O)[C@](F)(Cl)[C@@H]1OC(=O)c1ccccc1)c1ccccc1. The van der Waals surface area contributed by atoms with Crippen molar-refractivity contribution in [3.8, 4) is 0 Å². The van der Waals surface area contributed by atoms with Crippen molar-refractivity contribution in [3.05, 3.63) is 71.8 Å². The summed E-state index contributed by atoms with van der Waals surface area (Å²) < 4.78 is 29.4. The molecule has 0 spiro atoms. The number of alkyl halides is 2. The Bertz CT molecular complexity index is 840. The van der Waals surface area contributed by atoms with E-state index in [1.54, 1.807) is 36.4 Å². The molecule has 2 aromatic carbocycles. The van der Waals surface area contributed by atoms with Crippen LogP contribution in [0.1, 0.15) is 20.7 Å². The van der Waals surface area contributed by atoms with Crippen LogP contribution in [0.5, 0.6) is 0 Å². The normalized spacial score (nSPS) is 24.1. The molecule has 140 valence electrons. The number of carbonyl (C=O) groups is 3. The van der Waals surface area contributed by atoms with Gasteiger partial charge in [-0.2, -0.15) is 0 Å². The number of carbonyl (C=O) groups excluding carboxylic acids is 3. The minimum atomic E-state index is -3.08. The Morgan fingerprint density at radius 3 is 2.07 bits per heavy atom. The van der Waals surface area contributed by atoms with Gasteiger partial charge in [-0.3, -0.25) is 0 Å². The predicted molar refractivity (Wildman–Crippen MR) is 91.9 cm³/mol. The first-order chi connectivity index (χ1) is 12.9. The van der Waals surface area contributed by atoms with Crippen LogP contribution in [0.3, 0.4) is 0 Å².